The largest absolute Gasteiger partial charge is 0.492 e. The smallest absolute Gasteiger partial charge is 0.130 e. The minimum Gasteiger partial charge on any atom is -0.492 e. The van der Waals surface area contributed by atoms with Gasteiger partial charge in [-0.25, -0.2) is 0 Å². The van der Waals surface area contributed by atoms with Crippen LogP contribution in [0.25, 0.3) is 0 Å². The third-order valence-corrected chi connectivity index (χ3v) is 6.60. The molecular weight excluding hydrogens is 373 g/mol. The molecule has 29 heavy (non-hydrogen) atoms. The van der Waals surface area contributed by atoms with Gasteiger partial charge in [0.2, 0.25) is 0 Å². The van der Waals surface area contributed by atoms with Crippen LogP contribution < -0.4 is 20.7 Å². The Morgan fingerprint density at radius 3 is 2.59 bits per heavy atom. The average molecular weight is 408 g/mol. The first-order chi connectivity index (χ1) is 13.9. The van der Waals surface area contributed by atoms with E-state index >= 15 is 0 Å². The lowest BCUT2D eigenvalue weighted by Gasteiger charge is -2.27. The van der Waals surface area contributed by atoms with E-state index in [1.54, 1.807) is 0 Å². The Hall–Kier alpha value is -1.89. The van der Waals surface area contributed by atoms with Crippen molar-refractivity contribution < 1.29 is 4.74 Å². The summed E-state index contributed by atoms with van der Waals surface area (Å²) < 4.78 is 6.57. The van der Waals surface area contributed by atoms with Crippen molar-refractivity contribution in [1.29, 1.82) is 0 Å². The zero-order valence-corrected chi connectivity index (χ0v) is 19.4. The number of nitrogens with one attached hydrogen (secondary N) is 1. The van der Waals surface area contributed by atoms with Crippen molar-refractivity contribution in [3.63, 3.8) is 0 Å². The fraction of sp³-hybridized carbons (Fsp3) is 0.385. The molecule has 2 atom stereocenters. The van der Waals surface area contributed by atoms with Crippen LogP contribution in [0.15, 0.2) is 60.7 Å². The third kappa shape index (κ3) is 5.81. The van der Waals surface area contributed by atoms with E-state index in [4.69, 9.17) is 4.74 Å². The van der Waals surface area contributed by atoms with Gasteiger partial charge in [-0.2, -0.15) is 0 Å². The van der Waals surface area contributed by atoms with Gasteiger partial charge >= 0.3 is 0 Å². The van der Waals surface area contributed by atoms with Crippen LogP contribution in [0.1, 0.15) is 43.9 Å². The van der Waals surface area contributed by atoms with Crippen LogP contribution in [0.3, 0.4) is 0 Å². The number of benzene rings is 2. The first kappa shape index (κ1) is 21.8. The second kappa shape index (κ2) is 9.74. The van der Waals surface area contributed by atoms with Crippen LogP contribution in [0.5, 0.6) is 5.75 Å². The molecule has 3 heteroatoms. The highest BCUT2D eigenvalue weighted by Crippen LogP contribution is 2.35. The van der Waals surface area contributed by atoms with E-state index in [1.165, 1.54) is 27.3 Å². The van der Waals surface area contributed by atoms with E-state index in [0.717, 1.165) is 25.3 Å². The summed E-state index contributed by atoms with van der Waals surface area (Å²) in [6.07, 6.45) is 9.79. The van der Waals surface area contributed by atoms with E-state index in [-0.39, 0.29) is 5.41 Å². The molecule has 0 aliphatic heterocycles. The molecule has 0 aromatic heterocycles. The standard InChI is InChI=1S/C26H34NOP/c1-19-15-22(26(2,3)4)25(28-18-20-11-7-6-8-12-20)24(16-19)29-23-14-10-9-13-21(23)17-27-5/h6-11,13-16,20,27,29H,12,17-18H2,1-5H3. The van der Waals surface area contributed by atoms with Crippen LogP contribution in [0.2, 0.25) is 0 Å². The maximum Gasteiger partial charge on any atom is 0.130 e. The number of allylic oxidation sites excluding steroid dienone is 3. The molecule has 0 saturated carbocycles. The Bertz CT molecular complexity index is 892. The summed E-state index contributed by atoms with van der Waals surface area (Å²) >= 11 is 0. The van der Waals surface area contributed by atoms with Gasteiger partial charge in [-0.1, -0.05) is 84.0 Å². The minimum atomic E-state index is 0.0351. The molecule has 2 aromatic rings. The maximum atomic E-state index is 6.57. The summed E-state index contributed by atoms with van der Waals surface area (Å²) in [6.45, 7) is 10.6. The van der Waals surface area contributed by atoms with Crippen LogP contribution >= 0.6 is 8.58 Å². The van der Waals surface area contributed by atoms with Gasteiger partial charge in [0.15, 0.2) is 0 Å². The molecule has 0 bridgehead atoms. The van der Waals surface area contributed by atoms with Crippen molar-refractivity contribution in [2.75, 3.05) is 13.7 Å². The Morgan fingerprint density at radius 1 is 1.10 bits per heavy atom. The monoisotopic (exact) mass is 407 g/mol. The molecule has 3 rings (SSSR count). The second-order valence-corrected chi connectivity index (χ2v) is 10.2. The van der Waals surface area contributed by atoms with E-state index in [2.05, 4.69) is 93.7 Å². The highest BCUT2D eigenvalue weighted by molar-refractivity contribution is 7.55. The molecule has 0 radical (unpaired) electrons. The zero-order chi connectivity index (χ0) is 20.9. The summed E-state index contributed by atoms with van der Waals surface area (Å²) in [5.74, 6) is 1.53. The number of aryl methyl sites for hydroxylation is 1. The van der Waals surface area contributed by atoms with Crippen LogP contribution in [0, 0.1) is 12.8 Å². The first-order valence-corrected chi connectivity index (χ1v) is 11.5. The normalized spacial score (nSPS) is 16.7. The zero-order valence-electron chi connectivity index (χ0n) is 18.4. The molecule has 2 aromatic carbocycles. The highest BCUT2D eigenvalue weighted by Gasteiger charge is 2.23. The number of hydrogen-bond donors (Lipinski definition) is 1. The Balaban J connectivity index is 1.97. The van der Waals surface area contributed by atoms with E-state index in [1.807, 2.05) is 7.05 Å². The van der Waals surface area contributed by atoms with Crippen LogP contribution in [0.4, 0.5) is 0 Å². The summed E-state index contributed by atoms with van der Waals surface area (Å²) in [4.78, 5) is 0. The molecule has 0 heterocycles. The highest BCUT2D eigenvalue weighted by atomic mass is 31.1. The van der Waals surface area contributed by atoms with E-state index in [0.29, 0.717) is 14.5 Å². The Morgan fingerprint density at radius 2 is 1.90 bits per heavy atom. The van der Waals surface area contributed by atoms with Gasteiger partial charge in [-0.05, 0) is 48.3 Å². The predicted octanol–water partition coefficient (Wildman–Crippen LogP) is 5.15. The molecule has 154 valence electrons. The molecular formula is C26H34NOP. The number of rotatable bonds is 7. The van der Waals surface area contributed by atoms with Crippen molar-refractivity contribution in [3.05, 3.63) is 77.4 Å². The minimum absolute atomic E-state index is 0.0351. The Labute approximate surface area is 178 Å². The fourth-order valence-electron chi connectivity index (χ4n) is 3.66. The van der Waals surface area contributed by atoms with Crippen molar-refractivity contribution in [2.45, 2.75) is 46.1 Å². The van der Waals surface area contributed by atoms with Crippen molar-refractivity contribution >= 4 is 19.2 Å². The van der Waals surface area contributed by atoms with Gasteiger partial charge in [0.05, 0.1) is 6.61 Å². The predicted molar refractivity (Wildman–Crippen MR) is 129 cm³/mol. The lowest BCUT2D eigenvalue weighted by atomic mass is 9.85. The number of hydrogen-bond acceptors (Lipinski definition) is 2. The molecule has 1 N–H and O–H groups in total. The lowest BCUT2D eigenvalue weighted by molar-refractivity contribution is 0.271. The van der Waals surface area contributed by atoms with E-state index in [9.17, 15) is 0 Å². The van der Waals surface area contributed by atoms with Gasteiger partial charge in [0, 0.05) is 23.3 Å². The third-order valence-electron chi connectivity index (χ3n) is 5.21. The topological polar surface area (TPSA) is 21.3 Å². The molecule has 0 saturated heterocycles. The van der Waals surface area contributed by atoms with Gasteiger partial charge in [0.25, 0.3) is 0 Å². The number of ether oxygens (including phenoxy) is 1. The molecule has 2 unspecified atom stereocenters. The summed E-state index contributed by atoms with van der Waals surface area (Å²) in [5, 5.41) is 6.00. The summed E-state index contributed by atoms with van der Waals surface area (Å²) in [6, 6.07) is 13.4. The molecule has 0 spiro atoms. The van der Waals surface area contributed by atoms with Crippen molar-refractivity contribution in [3.8, 4) is 5.75 Å². The van der Waals surface area contributed by atoms with Crippen molar-refractivity contribution in [1.82, 2.24) is 5.32 Å². The van der Waals surface area contributed by atoms with Gasteiger partial charge < -0.3 is 10.1 Å². The van der Waals surface area contributed by atoms with E-state index < -0.39 is 0 Å². The molecule has 2 nitrogen and oxygen atoms in total. The molecule has 1 aliphatic carbocycles. The van der Waals surface area contributed by atoms with Gasteiger partial charge in [0.1, 0.15) is 5.75 Å². The summed E-state index contributed by atoms with van der Waals surface area (Å²) in [7, 11) is 2.58. The lowest BCUT2D eigenvalue weighted by Crippen LogP contribution is -2.22. The first-order valence-electron chi connectivity index (χ1n) is 10.5. The van der Waals surface area contributed by atoms with Crippen molar-refractivity contribution in [2.24, 2.45) is 5.92 Å². The van der Waals surface area contributed by atoms with Gasteiger partial charge in [-0.3, -0.25) is 0 Å². The maximum absolute atomic E-state index is 6.57. The summed E-state index contributed by atoms with van der Waals surface area (Å²) in [5.41, 5.74) is 4.00. The quantitative estimate of drug-likeness (QED) is 0.641. The van der Waals surface area contributed by atoms with Gasteiger partial charge in [-0.15, -0.1) is 0 Å². The molecule has 0 fully saturated rings. The SMILES string of the molecule is CNCc1ccccc1Pc1cc(C)cc(C(C)(C)C)c1OCC1C=CC=CC1. The molecule has 0 amide bonds. The average Bonchev–Trinajstić information content (AvgIpc) is 2.68. The molecule has 1 aliphatic rings. The Kier molecular flexibility index (Phi) is 7.33. The van der Waals surface area contributed by atoms with Crippen LogP contribution in [-0.4, -0.2) is 13.7 Å². The fourth-order valence-corrected chi connectivity index (χ4v) is 5.08. The van der Waals surface area contributed by atoms with Crippen LogP contribution in [-0.2, 0) is 12.0 Å². The second-order valence-electron chi connectivity index (χ2n) is 8.87.